The van der Waals surface area contributed by atoms with Crippen molar-refractivity contribution in [1.82, 2.24) is 15.5 Å². The van der Waals surface area contributed by atoms with Gasteiger partial charge >= 0.3 is 0 Å². The first-order chi connectivity index (χ1) is 12.3. The van der Waals surface area contributed by atoms with E-state index < -0.39 is 0 Å². The molecule has 2 fully saturated rings. The zero-order chi connectivity index (χ0) is 17.5. The molecule has 1 aromatic rings. The summed E-state index contributed by atoms with van der Waals surface area (Å²) < 4.78 is 5.43. The van der Waals surface area contributed by atoms with E-state index in [0.29, 0.717) is 12.6 Å². The van der Waals surface area contributed by atoms with Crippen molar-refractivity contribution in [2.45, 2.75) is 57.7 Å². The van der Waals surface area contributed by atoms with E-state index in [2.05, 4.69) is 28.5 Å². The molecule has 1 saturated heterocycles. The van der Waals surface area contributed by atoms with Gasteiger partial charge in [0.2, 0.25) is 0 Å². The van der Waals surface area contributed by atoms with Crippen LogP contribution in [0.1, 0.15) is 44.6 Å². The number of guanidine groups is 1. The van der Waals surface area contributed by atoms with E-state index in [-0.39, 0.29) is 24.0 Å². The average molecular weight is 472 g/mol. The smallest absolute Gasteiger partial charge is 0.191 e. The van der Waals surface area contributed by atoms with E-state index in [1.807, 2.05) is 18.2 Å². The number of hydrogen-bond acceptors (Lipinski definition) is 3. The molecule has 2 aliphatic rings. The van der Waals surface area contributed by atoms with Crippen LogP contribution >= 0.6 is 24.0 Å². The van der Waals surface area contributed by atoms with Crippen molar-refractivity contribution in [3.63, 3.8) is 0 Å². The topological polar surface area (TPSA) is 48.9 Å². The van der Waals surface area contributed by atoms with Crippen molar-refractivity contribution < 1.29 is 4.74 Å². The van der Waals surface area contributed by atoms with Crippen LogP contribution in [0.2, 0.25) is 0 Å². The number of benzene rings is 1. The Labute approximate surface area is 175 Å². The van der Waals surface area contributed by atoms with E-state index >= 15 is 0 Å². The van der Waals surface area contributed by atoms with Crippen LogP contribution in [-0.2, 0) is 6.54 Å². The maximum absolute atomic E-state index is 5.43. The molecule has 2 N–H and O–H groups in total. The van der Waals surface area contributed by atoms with Crippen LogP contribution in [0.3, 0.4) is 0 Å². The van der Waals surface area contributed by atoms with E-state index in [1.54, 1.807) is 7.11 Å². The summed E-state index contributed by atoms with van der Waals surface area (Å²) in [5.41, 5.74) is 1.11. The van der Waals surface area contributed by atoms with Crippen LogP contribution in [-0.4, -0.2) is 49.7 Å². The fourth-order valence-electron chi connectivity index (χ4n) is 4.02. The lowest BCUT2D eigenvalue weighted by Gasteiger charge is -2.24. The lowest BCUT2D eigenvalue weighted by atomic mass is 10.2. The van der Waals surface area contributed by atoms with E-state index in [1.165, 1.54) is 38.6 Å². The van der Waals surface area contributed by atoms with Gasteiger partial charge in [0.1, 0.15) is 5.75 Å². The first-order valence-corrected chi connectivity index (χ1v) is 9.71. The summed E-state index contributed by atoms with van der Waals surface area (Å²) in [6.45, 7) is 5.97. The molecule has 6 heteroatoms. The highest BCUT2D eigenvalue weighted by Gasteiger charge is 2.30. The van der Waals surface area contributed by atoms with E-state index in [0.717, 1.165) is 36.4 Å². The molecule has 1 atom stereocenters. The summed E-state index contributed by atoms with van der Waals surface area (Å²) in [5, 5.41) is 7.02. The SMILES string of the molecule is CCNC(=NCc1ccccc1OC)NC1CCN(C2CCCC2)C1.I. The van der Waals surface area contributed by atoms with Gasteiger partial charge in [0.25, 0.3) is 0 Å². The molecular weight excluding hydrogens is 439 g/mol. The molecule has 1 aliphatic carbocycles. The third-order valence-corrected chi connectivity index (χ3v) is 5.35. The molecule has 0 amide bonds. The molecule has 1 saturated carbocycles. The molecule has 0 spiro atoms. The number of nitrogens with one attached hydrogen (secondary N) is 2. The van der Waals surface area contributed by atoms with Crippen LogP contribution in [0.4, 0.5) is 0 Å². The molecule has 1 aromatic carbocycles. The molecule has 5 nitrogen and oxygen atoms in total. The Bertz CT molecular complexity index is 575. The van der Waals surface area contributed by atoms with Crippen LogP contribution in [0.5, 0.6) is 5.75 Å². The number of hydrogen-bond donors (Lipinski definition) is 2. The van der Waals surface area contributed by atoms with Crippen molar-refractivity contribution in [3.05, 3.63) is 29.8 Å². The molecular formula is C20H33IN4O. The number of para-hydroxylation sites is 1. The highest BCUT2D eigenvalue weighted by Crippen LogP contribution is 2.26. The number of ether oxygens (including phenoxy) is 1. The number of methoxy groups -OCH3 is 1. The van der Waals surface area contributed by atoms with Crippen molar-refractivity contribution in [1.29, 1.82) is 0 Å². The van der Waals surface area contributed by atoms with Gasteiger partial charge in [-0.2, -0.15) is 0 Å². The minimum atomic E-state index is 0. The fourth-order valence-corrected chi connectivity index (χ4v) is 4.02. The lowest BCUT2D eigenvalue weighted by Crippen LogP contribution is -2.45. The second-order valence-electron chi connectivity index (χ2n) is 7.07. The molecule has 1 heterocycles. The monoisotopic (exact) mass is 472 g/mol. The van der Waals surface area contributed by atoms with Crippen molar-refractivity contribution in [3.8, 4) is 5.75 Å². The Morgan fingerprint density at radius 2 is 2.00 bits per heavy atom. The van der Waals surface area contributed by atoms with Crippen molar-refractivity contribution in [2.75, 3.05) is 26.7 Å². The summed E-state index contributed by atoms with van der Waals surface area (Å²) in [4.78, 5) is 7.45. The minimum Gasteiger partial charge on any atom is -0.496 e. The van der Waals surface area contributed by atoms with Crippen LogP contribution in [0.15, 0.2) is 29.3 Å². The Balaban J connectivity index is 0.00000243. The number of likely N-dealkylation sites (tertiary alicyclic amines) is 1. The molecule has 0 radical (unpaired) electrons. The number of halogens is 1. The predicted octanol–water partition coefficient (Wildman–Crippen LogP) is 3.39. The maximum atomic E-state index is 5.43. The van der Waals surface area contributed by atoms with Gasteiger partial charge in [-0.25, -0.2) is 4.99 Å². The van der Waals surface area contributed by atoms with Gasteiger partial charge in [-0.15, -0.1) is 24.0 Å². The molecule has 3 rings (SSSR count). The average Bonchev–Trinajstić information content (AvgIpc) is 3.31. The Morgan fingerprint density at radius 1 is 1.23 bits per heavy atom. The number of rotatable bonds is 6. The van der Waals surface area contributed by atoms with Gasteiger partial charge in [-0.1, -0.05) is 31.0 Å². The third kappa shape index (κ3) is 5.74. The molecule has 0 bridgehead atoms. The normalized spacial score (nSPS) is 21.5. The van der Waals surface area contributed by atoms with Crippen molar-refractivity contribution >= 4 is 29.9 Å². The van der Waals surface area contributed by atoms with Crippen LogP contribution in [0.25, 0.3) is 0 Å². The van der Waals surface area contributed by atoms with Crippen LogP contribution < -0.4 is 15.4 Å². The quantitative estimate of drug-likeness (QED) is 0.379. The summed E-state index contributed by atoms with van der Waals surface area (Å²) >= 11 is 0. The van der Waals surface area contributed by atoms with Gasteiger partial charge in [0.05, 0.1) is 13.7 Å². The maximum Gasteiger partial charge on any atom is 0.191 e. The van der Waals surface area contributed by atoms with Crippen molar-refractivity contribution in [2.24, 2.45) is 4.99 Å². The predicted molar refractivity (Wildman–Crippen MR) is 119 cm³/mol. The summed E-state index contributed by atoms with van der Waals surface area (Å²) in [6.07, 6.45) is 6.78. The molecule has 0 aromatic heterocycles. The first-order valence-electron chi connectivity index (χ1n) is 9.71. The standard InChI is InChI=1S/C20H32N4O.HI/c1-3-21-20(22-14-16-8-4-7-11-19(16)25-2)23-17-12-13-24(15-17)18-9-5-6-10-18;/h4,7-8,11,17-18H,3,5-6,9-10,12-15H2,1-2H3,(H2,21,22,23);1H. The highest BCUT2D eigenvalue weighted by atomic mass is 127. The second-order valence-corrected chi connectivity index (χ2v) is 7.07. The first kappa shape index (κ1) is 21.3. The zero-order valence-corrected chi connectivity index (χ0v) is 18.4. The van der Waals surface area contributed by atoms with Crippen LogP contribution in [0, 0.1) is 0 Å². The van der Waals surface area contributed by atoms with Gasteiger partial charge in [-0.3, -0.25) is 4.90 Å². The Morgan fingerprint density at radius 3 is 2.73 bits per heavy atom. The Hall–Kier alpha value is -1.02. The minimum absolute atomic E-state index is 0. The third-order valence-electron chi connectivity index (χ3n) is 5.35. The van der Waals surface area contributed by atoms with Gasteiger partial charge < -0.3 is 15.4 Å². The number of nitrogens with zero attached hydrogens (tertiary/aromatic N) is 2. The van der Waals surface area contributed by atoms with Gasteiger partial charge in [-0.05, 0) is 32.3 Å². The van der Waals surface area contributed by atoms with E-state index in [4.69, 9.17) is 9.73 Å². The fraction of sp³-hybridized carbons (Fsp3) is 0.650. The largest absolute Gasteiger partial charge is 0.496 e. The molecule has 26 heavy (non-hydrogen) atoms. The van der Waals surface area contributed by atoms with Gasteiger partial charge in [0, 0.05) is 37.3 Å². The molecule has 146 valence electrons. The van der Waals surface area contributed by atoms with E-state index in [9.17, 15) is 0 Å². The highest BCUT2D eigenvalue weighted by molar-refractivity contribution is 14.0. The zero-order valence-electron chi connectivity index (χ0n) is 16.0. The summed E-state index contributed by atoms with van der Waals surface area (Å²) in [7, 11) is 1.71. The summed E-state index contributed by atoms with van der Waals surface area (Å²) in [5.74, 6) is 1.81. The Kier molecular flexibility index (Phi) is 8.98. The van der Waals surface area contributed by atoms with Gasteiger partial charge in [0.15, 0.2) is 5.96 Å². The molecule has 1 aliphatic heterocycles. The lowest BCUT2D eigenvalue weighted by molar-refractivity contribution is 0.242. The second kappa shape index (κ2) is 11.0. The number of aliphatic imine (C=N–C) groups is 1. The summed E-state index contributed by atoms with van der Waals surface area (Å²) in [6, 6.07) is 9.40. The molecule has 1 unspecified atom stereocenters.